The van der Waals surface area contributed by atoms with Crippen molar-refractivity contribution in [3.63, 3.8) is 0 Å². The van der Waals surface area contributed by atoms with Gasteiger partial charge in [0.05, 0.1) is 6.10 Å². The largest absolute Gasteiger partial charge is 0.393 e. The van der Waals surface area contributed by atoms with Crippen LogP contribution in [0.5, 0.6) is 0 Å². The zero-order valence-electron chi connectivity index (χ0n) is 7.37. The molecular formula is C9H10Cl2N2O. The molecule has 0 aromatic carbocycles. The van der Waals surface area contributed by atoms with Gasteiger partial charge in [0.1, 0.15) is 10.3 Å². The van der Waals surface area contributed by atoms with E-state index in [1.165, 1.54) is 0 Å². The summed E-state index contributed by atoms with van der Waals surface area (Å²) in [5, 5.41) is 9.89. The van der Waals surface area contributed by atoms with Crippen molar-refractivity contribution in [3.8, 4) is 0 Å². The fraction of sp³-hybridized carbons (Fsp3) is 0.444. The van der Waals surface area contributed by atoms with Crippen LogP contribution in [0.3, 0.4) is 0 Å². The van der Waals surface area contributed by atoms with Gasteiger partial charge in [-0.3, -0.25) is 0 Å². The lowest BCUT2D eigenvalue weighted by molar-refractivity contribution is 0.0209. The molecule has 0 bridgehead atoms. The Morgan fingerprint density at radius 1 is 1.36 bits per heavy atom. The molecule has 0 atom stereocenters. The molecule has 0 unspecified atom stereocenters. The number of pyridine rings is 1. The first-order valence-electron chi connectivity index (χ1n) is 4.30. The Morgan fingerprint density at radius 3 is 2.29 bits per heavy atom. The van der Waals surface area contributed by atoms with E-state index in [1.54, 1.807) is 12.1 Å². The molecule has 1 aliphatic carbocycles. The van der Waals surface area contributed by atoms with Gasteiger partial charge in [0, 0.05) is 5.54 Å². The van der Waals surface area contributed by atoms with Crippen LogP contribution in [0.4, 0.5) is 0 Å². The minimum atomic E-state index is -0.490. The predicted octanol–water partition coefficient (Wildman–Crippen LogP) is 1.70. The number of aliphatic hydroxyl groups excluding tert-OH is 1. The van der Waals surface area contributed by atoms with E-state index in [0.29, 0.717) is 23.1 Å². The minimum Gasteiger partial charge on any atom is -0.393 e. The molecule has 5 heteroatoms. The summed E-state index contributed by atoms with van der Waals surface area (Å²) in [6, 6.07) is 3.39. The zero-order chi connectivity index (χ0) is 10.3. The topological polar surface area (TPSA) is 59.1 Å². The summed E-state index contributed by atoms with van der Waals surface area (Å²) in [6.07, 6.45) is 0.776. The van der Waals surface area contributed by atoms with Crippen LogP contribution in [0.2, 0.25) is 10.3 Å². The summed E-state index contributed by atoms with van der Waals surface area (Å²) >= 11 is 11.5. The number of nitrogens with two attached hydrogens (primary N) is 1. The van der Waals surface area contributed by atoms with Crippen LogP contribution in [0.25, 0.3) is 0 Å². The quantitative estimate of drug-likeness (QED) is 0.725. The summed E-state index contributed by atoms with van der Waals surface area (Å²) < 4.78 is 0. The molecular weight excluding hydrogens is 223 g/mol. The maximum absolute atomic E-state index is 9.22. The van der Waals surface area contributed by atoms with Crippen molar-refractivity contribution in [2.45, 2.75) is 24.5 Å². The van der Waals surface area contributed by atoms with Gasteiger partial charge in [-0.15, -0.1) is 0 Å². The van der Waals surface area contributed by atoms with Crippen LogP contribution in [0.15, 0.2) is 12.1 Å². The van der Waals surface area contributed by atoms with Gasteiger partial charge >= 0.3 is 0 Å². The molecule has 1 saturated carbocycles. The van der Waals surface area contributed by atoms with Crippen LogP contribution >= 0.6 is 23.2 Å². The molecule has 1 fully saturated rings. The van der Waals surface area contributed by atoms with Crippen molar-refractivity contribution >= 4 is 23.2 Å². The van der Waals surface area contributed by atoms with Gasteiger partial charge in [-0.25, -0.2) is 4.98 Å². The third kappa shape index (κ3) is 1.73. The number of hydrogen-bond donors (Lipinski definition) is 2. The van der Waals surface area contributed by atoms with Gasteiger partial charge in [-0.2, -0.15) is 0 Å². The highest BCUT2D eigenvalue weighted by atomic mass is 35.5. The monoisotopic (exact) mass is 232 g/mol. The Kier molecular flexibility index (Phi) is 2.43. The molecule has 3 nitrogen and oxygen atoms in total. The first-order chi connectivity index (χ1) is 6.49. The highest BCUT2D eigenvalue weighted by Gasteiger charge is 2.41. The molecule has 0 spiro atoms. The number of aliphatic hydroxyl groups is 1. The first kappa shape index (κ1) is 10.2. The summed E-state index contributed by atoms with van der Waals surface area (Å²) in [7, 11) is 0. The number of halogens is 2. The lowest BCUT2D eigenvalue weighted by atomic mass is 9.71. The Labute approximate surface area is 91.8 Å². The fourth-order valence-corrected chi connectivity index (χ4v) is 2.23. The molecule has 76 valence electrons. The van der Waals surface area contributed by atoms with Crippen LogP contribution in [0, 0.1) is 0 Å². The van der Waals surface area contributed by atoms with Gasteiger partial charge in [0.25, 0.3) is 0 Å². The van der Waals surface area contributed by atoms with E-state index in [9.17, 15) is 5.11 Å². The van der Waals surface area contributed by atoms with Crippen molar-refractivity contribution in [1.29, 1.82) is 0 Å². The number of hydrogen-bond acceptors (Lipinski definition) is 3. The molecule has 1 aliphatic rings. The van der Waals surface area contributed by atoms with Gasteiger partial charge < -0.3 is 10.8 Å². The van der Waals surface area contributed by atoms with Gasteiger partial charge in [-0.1, -0.05) is 23.2 Å². The van der Waals surface area contributed by atoms with Crippen LogP contribution in [0.1, 0.15) is 18.4 Å². The lowest BCUT2D eigenvalue weighted by Gasteiger charge is -2.42. The van der Waals surface area contributed by atoms with E-state index < -0.39 is 5.54 Å². The Bertz CT molecular complexity index is 344. The van der Waals surface area contributed by atoms with E-state index in [-0.39, 0.29) is 6.10 Å². The second-order valence-corrected chi connectivity index (χ2v) is 4.49. The summed E-state index contributed by atoms with van der Waals surface area (Å²) in [5.74, 6) is 0. The molecule has 0 saturated heterocycles. The minimum absolute atomic E-state index is 0.314. The second kappa shape index (κ2) is 3.35. The van der Waals surface area contributed by atoms with E-state index in [4.69, 9.17) is 28.9 Å². The number of nitrogens with zero attached hydrogens (tertiary/aromatic N) is 1. The molecule has 1 heterocycles. The molecule has 0 amide bonds. The average Bonchev–Trinajstić information content (AvgIpc) is 1.99. The molecule has 1 aromatic rings. The summed E-state index contributed by atoms with van der Waals surface area (Å²) in [4.78, 5) is 3.84. The van der Waals surface area contributed by atoms with Gasteiger partial charge in [0.2, 0.25) is 0 Å². The SMILES string of the molecule is NC1(c2cc(Cl)nc(Cl)c2)CC(O)C1. The normalized spacial score (nSPS) is 31.3. The molecule has 0 radical (unpaired) electrons. The average molecular weight is 233 g/mol. The van der Waals surface area contributed by atoms with Gasteiger partial charge in [-0.05, 0) is 30.5 Å². The summed E-state index contributed by atoms with van der Waals surface area (Å²) in [6.45, 7) is 0. The smallest absolute Gasteiger partial charge is 0.131 e. The van der Waals surface area contributed by atoms with E-state index in [0.717, 1.165) is 5.56 Å². The fourth-order valence-electron chi connectivity index (χ4n) is 1.77. The Morgan fingerprint density at radius 2 is 1.86 bits per heavy atom. The van der Waals surface area contributed by atoms with Crippen molar-refractivity contribution < 1.29 is 5.11 Å². The maximum Gasteiger partial charge on any atom is 0.131 e. The third-order valence-corrected chi connectivity index (χ3v) is 2.92. The van der Waals surface area contributed by atoms with Crippen LogP contribution in [-0.2, 0) is 5.54 Å². The number of aromatic nitrogens is 1. The molecule has 0 aliphatic heterocycles. The standard InChI is InChI=1S/C9H10Cl2N2O/c10-7-1-5(2-8(11)13-7)9(12)3-6(14)4-9/h1-2,6,14H,3-4,12H2. The van der Waals surface area contributed by atoms with Gasteiger partial charge in [0.15, 0.2) is 0 Å². The van der Waals surface area contributed by atoms with E-state index in [1.807, 2.05) is 0 Å². The van der Waals surface area contributed by atoms with E-state index in [2.05, 4.69) is 4.98 Å². The van der Waals surface area contributed by atoms with Crippen molar-refractivity contribution in [1.82, 2.24) is 4.98 Å². The third-order valence-electron chi connectivity index (χ3n) is 2.54. The molecule has 14 heavy (non-hydrogen) atoms. The zero-order valence-corrected chi connectivity index (χ0v) is 8.89. The molecule has 3 N–H and O–H groups in total. The Balaban J connectivity index is 2.32. The molecule has 1 aromatic heterocycles. The summed E-state index contributed by atoms with van der Waals surface area (Å²) in [5.41, 5.74) is 6.40. The van der Waals surface area contributed by atoms with E-state index >= 15 is 0 Å². The van der Waals surface area contributed by atoms with Crippen LogP contribution < -0.4 is 5.73 Å². The van der Waals surface area contributed by atoms with Crippen LogP contribution in [-0.4, -0.2) is 16.2 Å². The second-order valence-electron chi connectivity index (χ2n) is 3.72. The lowest BCUT2D eigenvalue weighted by Crippen LogP contribution is -2.51. The van der Waals surface area contributed by atoms with Crippen molar-refractivity contribution in [2.75, 3.05) is 0 Å². The maximum atomic E-state index is 9.22. The highest BCUT2D eigenvalue weighted by molar-refractivity contribution is 6.32. The Hall–Kier alpha value is -0.350. The molecule has 2 rings (SSSR count). The highest BCUT2D eigenvalue weighted by Crippen LogP contribution is 2.40. The van der Waals surface area contributed by atoms with Crippen molar-refractivity contribution in [2.24, 2.45) is 5.73 Å². The predicted molar refractivity (Wildman–Crippen MR) is 55.4 cm³/mol. The first-order valence-corrected chi connectivity index (χ1v) is 5.06. The van der Waals surface area contributed by atoms with Crippen molar-refractivity contribution in [3.05, 3.63) is 28.0 Å². The number of rotatable bonds is 1.